The first kappa shape index (κ1) is 13.9. The van der Waals surface area contributed by atoms with Crippen molar-refractivity contribution in [3.05, 3.63) is 22.7 Å². The van der Waals surface area contributed by atoms with Crippen LogP contribution in [0.2, 0.25) is 0 Å². The molecule has 1 aromatic heterocycles. The zero-order valence-corrected chi connectivity index (χ0v) is 10.4. The first-order valence-electron chi connectivity index (χ1n) is 5.84. The molecule has 19 heavy (non-hydrogen) atoms. The Morgan fingerprint density at radius 1 is 1.58 bits per heavy atom. The third-order valence-corrected chi connectivity index (χ3v) is 3.62. The van der Waals surface area contributed by atoms with Crippen molar-refractivity contribution in [1.29, 1.82) is 0 Å². The van der Waals surface area contributed by atoms with Gasteiger partial charge in [0, 0.05) is 11.6 Å². The molecule has 4 atom stereocenters. The van der Waals surface area contributed by atoms with Gasteiger partial charge in [-0.15, -0.1) is 0 Å². The number of hydrogen-bond acceptors (Lipinski definition) is 7. The molecule has 2 heterocycles. The number of aliphatic hydroxyl groups excluding tert-OH is 3. The molecular weight excluding hydrogens is 254 g/mol. The number of nitrogen functional groups attached to an aromatic ring is 1. The van der Waals surface area contributed by atoms with Gasteiger partial charge in [-0.3, -0.25) is 4.57 Å². The van der Waals surface area contributed by atoms with Crippen LogP contribution >= 0.6 is 0 Å². The highest BCUT2D eigenvalue weighted by Gasteiger charge is 2.53. The van der Waals surface area contributed by atoms with Gasteiger partial charge < -0.3 is 25.8 Å². The molecule has 1 saturated heterocycles. The summed E-state index contributed by atoms with van der Waals surface area (Å²) in [6, 6.07) is 1.40. The van der Waals surface area contributed by atoms with Crippen molar-refractivity contribution < 1.29 is 20.1 Å². The summed E-state index contributed by atoms with van der Waals surface area (Å²) in [6.45, 7) is 0.823. The van der Waals surface area contributed by atoms with Crippen molar-refractivity contribution in [3.8, 4) is 0 Å². The number of hydrogen-bond donors (Lipinski definition) is 4. The Morgan fingerprint density at radius 2 is 2.26 bits per heavy atom. The molecular formula is C11H17N3O5. The Hall–Kier alpha value is -1.48. The number of aliphatic hydroxyl groups is 3. The molecule has 5 N–H and O–H groups in total. The fraction of sp³-hybridized carbons (Fsp3) is 0.636. The van der Waals surface area contributed by atoms with E-state index in [1.54, 1.807) is 6.92 Å². The van der Waals surface area contributed by atoms with Crippen molar-refractivity contribution in [1.82, 2.24) is 9.55 Å². The van der Waals surface area contributed by atoms with E-state index in [-0.39, 0.29) is 19.0 Å². The summed E-state index contributed by atoms with van der Waals surface area (Å²) in [5.41, 5.74) is 3.67. The molecule has 1 aliphatic heterocycles. The third-order valence-electron chi connectivity index (χ3n) is 3.62. The lowest BCUT2D eigenvalue weighted by molar-refractivity contribution is -0.0571. The fourth-order valence-electron chi connectivity index (χ4n) is 2.20. The van der Waals surface area contributed by atoms with Gasteiger partial charge >= 0.3 is 5.69 Å². The molecule has 1 fully saturated rings. The van der Waals surface area contributed by atoms with Crippen LogP contribution in [0.1, 0.15) is 13.2 Å². The number of nitrogens with two attached hydrogens (primary N) is 1. The van der Waals surface area contributed by atoms with E-state index in [0.29, 0.717) is 0 Å². The molecule has 8 nitrogen and oxygen atoms in total. The molecule has 0 bridgehead atoms. The monoisotopic (exact) mass is 271 g/mol. The highest BCUT2D eigenvalue weighted by Crippen LogP contribution is 2.42. The van der Waals surface area contributed by atoms with Crippen LogP contribution in [0.4, 0.5) is 5.82 Å². The lowest BCUT2D eigenvalue weighted by Gasteiger charge is -2.29. The highest BCUT2D eigenvalue weighted by molar-refractivity contribution is 5.23. The van der Waals surface area contributed by atoms with Crippen LogP contribution < -0.4 is 11.4 Å². The second-order valence-corrected chi connectivity index (χ2v) is 4.85. The van der Waals surface area contributed by atoms with Gasteiger partial charge in [-0.25, -0.2) is 4.79 Å². The minimum Gasteiger partial charge on any atom is -0.396 e. The van der Waals surface area contributed by atoms with Crippen LogP contribution in [0.5, 0.6) is 0 Å². The lowest BCUT2D eigenvalue weighted by atomic mass is 9.81. The summed E-state index contributed by atoms with van der Waals surface area (Å²) in [7, 11) is 0. The zero-order chi connectivity index (χ0) is 14.2. The molecule has 0 amide bonds. The molecule has 4 unspecified atom stereocenters. The number of nitrogens with zero attached hydrogens (tertiary/aromatic N) is 2. The molecule has 0 aliphatic carbocycles. The maximum absolute atomic E-state index is 11.7. The summed E-state index contributed by atoms with van der Waals surface area (Å²) in [6.07, 6.45) is -1.59. The van der Waals surface area contributed by atoms with E-state index in [1.165, 1.54) is 12.3 Å². The number of aromatic nitrogens is 2. The van der Waals surface area contributed by atoms with Crippen LogP contribution in [0, 0.1) is 5.41 Å². The lowest BCUT2D eigenvalue weighted by Crippen LogP contribution is -2.43. The Morgan fingerprint density at radius 3 is 2.74 bits per heavy atom. The van der Waals surface area contributed by atoms with Crippen LogP contribution in [-0.2, 0) is 4.74 Å². The van der Waals surface area contributed by atoms with Crippen molar-refractivity contribution in [2.45, 2.75) is 25.4 Å². The number of ether oxygens (including phenoxy) is 1. The first-order chi connectivity index (χ1) is 8.93. The molecule has 106 valence electrons. The van der Waals surface area contributed by atoms with Crippen LogP contribution in [-0.4, -0.2) is 50.3 Å². The maximum atomic E-state index is 11.7. The van der Waals surface area contributed by atoms with E-state index in [4.69, 9.17) is 10.5 Å². The third kappa shape index (κ3) is 2.12. The summed E-state index contributed by atoms with van der Waals surface area (Å²) in [5, 5.41) is 28.9. The summed E-state index contributed by atoms with van der Waals surface area (Å²) < 4.78 is 6.55. The topological polar surface area (TPSA) is 131 Å². The molecule has 0 saturated carbocycles. The van der Waals surface area contributed by atoms with Crippen molar-refractivity contribution in [2.24, 2.45) is 5.41 Å². The van der Waals surface area contributed by atoms with Crippen molar-refractivity contribution in [3.63, 3.8) is 0 Å². The molecule has 2 rings (SSSR count). The van der Waals surface area contributed by atoms with Gasteiger partial charge in [0.15, 0.2) is 6.23 Å². The zero-order valence-electron chi connectivity index (χ0n) is 10.4. The average molecular weight is 271 g/mol. The number of anilines is 1. The minimum absolute atomic E-state index is 0.0670. The van der Waals surface area contributed by atoms with E-state index >= 15 is 0 Å². The van der Waals surface area contributed by atoms with Gasteiger partial charge in [0.2, 0.25) is 0 Å². The number of rotatable bonds is 3. The molecule has 0 aromatic carbocycles. The smallest absolute Gasteiger partial charge is 0.351 e. The van der Waals surface area contributed by atoms with Crippen molar-refractivity contribution >= 4 is 5.82 Å². The Bertz CT molecular complexity index is 519. The predicted octanol–water partition coefficient (Wildman–Crippen LogP) is -1.93. The van der Waals surface area contributed by atoms with Crippen molar-refractivity contribution in [2.75, 3.05) is 18.9 Å². The van der Waals surface area contributed by atoms with Gasteiger partial charge in [-0.05, 0) is 6.07 Å². The summed E-state index contributed by atoms with van der Waals surface area (Å²) in [4.78, 5) is 15.3. The SMILES string of the molecule is CC1(CO)C(CO)OC(n2ccc(N)nc2=O)C1O. The van der Waals surface area contributed by atoms with Gasteiger partial charge in [0.25, 0.3) is 0 Å². The molecule has 8 heteroatoms. The van der Waals surface area contributed by atoms with Gasteiger partial charge in [0.05, 0.1) is 19.3 Å². The fourth-order valence-corrected chi connectivity index (χ4v) is 2.20. The van der Waals surface area contributed by atoms with Gasteiger partial charge in [0.1, 0.15) is 11.9 Å². The van der Waals surface area contributed by atoms with E-state index in [0.717, 1.165) is 4.57 Å². The normalized spacial score (nSPS) is 34.6. The Balaban J connectivity index is 2.39. The second-order valence-electron chi connectivity index (χ2n) is 4.85. The van der Waals surface area contributed by atoms with Gasteiger partial charge in [-0.1, -0.05) is 6.92 Å². The molecule has 1 aromatic rings. The van der Waals surface area contributed by atoms with E-state index in [9.17, 15) is 20.1 Å². The predicted molar refractivity (Wildman–Crippen MR) is 65.1 cm³/mol. The largest absolute Gasteiger partial charge is 0.396 e. The quantitative estimate of drug-likeness (QED) is 0.503. The van der Waals surface area contributed by atoms with Crippen LogP contribution in [0.3, 0.4) is 0 Å². The van der Waals surface area contributed by atoms with Crippen LogP contribution in [0.25, 0.3) is 0 Å². The van der Waals surface area contributed by atoms with E-state index in [2.05, 4.69) is 4.98 Å². The van der Waals surface area contributed by atoms with Gasteiger partial charge in [-0.2, -0.15) is 4.98 Å². The first-order valence-corrected chi connectivity index (χ1v) is 5.84. The van der Waals surface area contributed by atoms with E-state index < -0.39 is 29.5 Å². The molecule has 0 radical (unpaired) electrons. The second kappa shape index (κ2) is 4.89. The Labute approximate surface area is 109 Å². The standard InChI is InChI=1S/C11H17N3O5/c1-11(5-16)6(4-15)19-9(8(11)17)14-3-2-7(12)13-10(14)18/h2-3,6,8-9,15-17H,4-5H2,1H3,(H2,12,13,18). The van der Waals surface area contributed by atoms with E-state index in [1.807, 2.05) is 0 Å². The summed E-state index contributed by atoms with van der Waals surface area (Å²) >= 11 is 0. The molecule has 1 aliphatic rings. The highest BCUT2D eigenvalue weighted by atomic mass is 16.5. The minimum atomic E-state index is -1.15. The summed E-state index contributed by atoms with van der Waals surface area (Å²) in [5.74, 6) is 0.0670. The van der Waals surface area contributed by atoms with Crippen LogP contribution in [0.15, 0.2) is 17.1 Å². The Kier molecular flexibility index (Phi) is 3.59. The maximum Gasteiger partial charge on any atom is 0.351 e. The average Bonchev–Trinajstić information content (AvgIpc) is 2.63. The molecule has 0 spiro atoms.